The number of imidazole rings is 1. The fraction of sp³-hybridized carbons (Fsp3) is 0.600. The van der Waals surface area contributed by atoms with Crippen molar-refractivity contribution >= 4 is 23.6 Å². The summed E-state index contributed by atoms with van der Waals surface area (Å²) >= 11 is 0. The molecule has 0 bridgehead atoms. The van der Waals surface area contributed by atoms with E-state index < -0.39 is 5.69 Å². The number of carbonyl (C=O) groups is 1. The zero-order valence-electron chi connectivity index (χ0n) is 22.1. The highest BCUT2D eigenvalue weighted by Gasteiger charge is 2.25. The number of hydrogen-bond acceptors (Lipinski definition) is 10. The van der Waals surface area contributed by atoms with E-state index in [-0.39, 0.29) is 35.6 Å². The molecule has 1 aliphatic heterocycles. The molecule has 2 aliphatic carbocycles. The minimum absolute atomic E-state index is 0.107. The van der Waals surface area contributed by atoms with Crippen LogP contribution in [-0.4, -0.2) is 108 Å². The molecule has 208 valence electrons. The van der Waals surface area contributed by atoms with E-state index in [0.717, 1.165) is 64.7 Å². The van der Waals surface area contributed by atoms with Gasteiger partial charge in [0.2, 0.25) is 17.7 Å². The largest absolute Gasteiger partial charge is 0.493 e. The molecule has 2 saturated carbocycles. The van der Waals surface area contributed by atoms with Crippen LogP contribution in [0.1, 0.15) is 44.2 Å². The summed E-state index contributed by atoms with van der Waals surface area (Å²) in [6, 6.07) is 0.592. The number of likely N-dealkylation sites (N-methyl/N-ethyl adjacent to an activating group) is 1. The number of hydrogen-bond donors (Lipinski definition) is 5. The Bertz CT molecular complexity index is 1510. The van der Waals surface area contributed by atoms with Gasteiger partial charge in [0.15, 0.2) is 5.65 Å². The summed E-state index contributed by atoms with van der Waals surface area (Å²) in [5.74, 6) is 0.323. The van der Waals surface area contributed by atoms with E-state index in [0.29, 0.717) is 29.0 Å². The van der Waals surface area contributed by atoms with Crippen LogP contribution in [0.25, 0.3) is 11.7 Å². The number of H-pyrrole nitrogens is 2. The number of aromatic nitrogens is 6. The Morgan fingerprint density at radius 2 is 1.85 bits per heavy atom. The van der Waals surface area contributed by atoms with Crippen molar-refractivity contribution in [2.75, 3.05) is 45.1 Å². The lowest BCUT2D eigenvalue weighted by atomic mass is 9.91. The molecule has 4 heterocycles. The van der Waals surface area contributed by atoms with Gasteiger partial charge in [-0.1, -0.05) is 0 Å². The fourth-order valence-electron chi connectivity index (χ4n) is 5.19. The van der Waals surface area contributed by atoms with Gasteiger partial charge in [-0.15, -0.1) is 0 Å². The Morgan fingerprint density at radius 1 is 1.10 bits per heavy atom. The molecule has 0 spiro atoms. The molecule has 14 nitrogen and oxygen atoms in total. The molecule has 14 heteroatoms. The van der Waals surface area contributed by atoms with Gasteiger partial charge in [0, 0.05) is 43.5 Å². The number of rotatable bonds is 7. The average molecular weight is 538 g/mol. The third kappa shape index (κ3) is 6.11. The van der Waals surface area contributed by atoms with Gasteiger partial charge in [-0.3, -0.25) is 14.7 Å². The van der Waals surface area contributed by atoms with Crippen molar-refractivity contribution in [2.24, 2.45) is 4.99 Å². The van der Waals surface area contributed by atoms with Crippen LogP contribution in [0.5, 0.6) is 5.88 Å². The molecule has 3 fully saturated rings. The first-order valence-electron chi connectivity index (χ1n) is 13.7. The Kier molecular flexibility index (Phi) is 7.04. The molecular formula is C25H35N11O3. The van der Waals surface area contributed by atoms with E-state index in [2.05, 4.69) is 47.5 Å². The maximum atomic E-state index is 12.6. The average Bonchev–Trinajstić information content (AvgIpc) is 3.54. The molecule has 0 aromatic carbocycles. The standard InChI is InChI=1S/C25H35N11O3/c1-34-8-10-35(11-9-34)14-20(37)27-16-2-4-17(5-3-16)28-23-31-21-15(12-19-22(38)32-25(39)30-19)13-26-36(21)24(33-23)29-18-6-7-18/h12-13,16-18,38H,2-11,14H2,1H3,(H,27,37)(H,28,29,33)(H2,30,32,39). The van der Waals surface area contributed by atoms with Crippen molar-refractivity contribution in [1.82, 2.24) is 44.7 Å². The van der Waals surface area contributed by atoms with Gasteiger partial charge in [0.25, 0.3) is 5.62 Å². The van der Waals surface area contributed by atoms with Crippen molar-refractivity contribution < 1.29 is 9.90 Å². The van der Waals surface area contributed by atoms with Crippen LogP contribution in [0.4, 0.5) is 5.95 Å². The molecule has 0 atom stereocenters. The highest BCUT2D eigenvalue weighted by molar-refractivity contribution is 5.78. The molecule has 0 radical (unpaired) electrons. The third-order valence-electron chi connectivity index (χ3n) is 7.65. The van der Waals surface area contributed by atoms with Crippen molar-refractivity contribution in [3.63, 3.8) is 0 Å². The predicted octanol–water partition coefficient (Wildman–Crippen LogP) is -1.46. The fourth-order valence-corrected chi connectivity index (χ4v) is 5.19. The Hall–Kier alpha value is -3.78. The molecular weight excluding hydrogens is 502 g/mol. The second-order valence-electron chi connectivity index (χ2n) is 10.9. The Morgan fingerprint density at radius 3 is 2.54 bits per heavy atom. The van der Waals surface area contributed by atoms with Crippen molar-refractivity contribution in [1.29, 1.82) is 0 Å². The maximum Gasteiger partial charge on any atom is 0.326 e. The van der Waals surface area contributed by atoms with Gasteiger partial charge in [0.1, 0.15) is 5.69 Å². The summed E-state index contributed by atoms with van der Waals surface area (Å²) in [5.41, 5.74) is 0.749. The van der Waals surface area contributed by atoms with E-state index >= 15 is 0 Å². The first-order valence-corrected chi connectivity index (χ1v) is 13.7. The van der Waals surface area contributed by atoms with Crippen LogP contribution in [0, 0.1) is 0 Å². The zero-order chi connectivity index (χ0) is 26.9. The summed E-state index contributed by atoms with van der Waals surface area (Å²) in [5, 5.41) is 21.7. The second kappa shape index (κ2) is 10.8. The summed E-state index contributed by atoms with van der Waals surface area (Å²) in [6.45, 7) is 4.33. The van der Waals surface area contributed by atoms with Crippen LogP contribution in [0.15, 0.2) is 16.0 Å². The third-order valence-corrected chi connectivity index (χ3v) is 7.65. The molecule has 1 saturated heterocycles. The van der Waals surface area contributed by atoms with Gasteiger partial charge in [-0.2, -0.15) is 19.6 Å². The van der Waals surface area contributed by atoms with Gasteiger partial charge in [-0.25, -0.2) is 9.79 Å². The second-order valence-corrected chi connectivity index (χ2v) is 10.9. The van der Waals surface area contributed by atoms with Gasteiger partial charge in [0.05, 0.1) is 18.8 Å². The number of nitrogens with zero attached hydrogens (tertiary/aromatic N) is 7. The van der Waals surface area contributed by atoms with Crippen LogP contribution in [0.2, 0.25) is 0 Å². The number of carbonyl (C=O) groups excluding carboxylic acids is 1. The normalized spacial score (nSPS) is 23.9. The van der Waals surface area contributed by atoms with Crippen molar-refractivity contribution in [3.8, 4) is 5.88 Å². The predicted molar refractivity (Wildman–Crippen MR) is 143 cm³/mol. The molecule has 6 rings (SSSR count). The molecule has 0 unspecified atom stereocenters. The minimum atomic E-state index is -0.497. The zero-order valence-corrected chi connectivity index (χ0v) is 22.1. The van der Waals surface area contributed by atoms with Crippen LogP contribution < -0.4 is 27.2 Å². The number of piperazine rings is 1. The highest BCUT2D eigenvalue weighted by Crippen LogP contribution is 2.23. The first kappa shape index (κ1) is 25.5. The molecule has 3 aromatic rings. The number of anilines is 1. The quantitative estimate of drug-likeness (QED) is 0.242. The monoisotopic (exact) mass is 537 g/mol. The van der Waals surface area contributed by atoms with Crippen molar-refractivity contribution in [2.45, 2.75) is 56.7 Å². The molecule has 5 N–H and O–H groups in total. The van der Waals surface area contributed by atoms with Crippen LogP contribution in [-0.2, 0) is 4.79 Å². The summed E-state index contributed by atoms with van der Waals surface area (Å²) in [4.78, 5) is 47.6. The van der Waals surface area contributed by atoms with E-state index in [4.69, 9.17) is 9.98 Å². The van der Waals surface area contributed by atoms with E-state index in [1.54, 1.807) is 16.8 Å². The minimum Gasteiger partial charge on any atom is -0.493 e. The SMILES string of the molecule is CN1CCN(CC(=O)NC2CCC(Nc3nc(=NC4CC4)n4ncc(=Cc5[nH]c(=O)[nH]c5O)c4n3)CC2)CC1. The highest BCUT2D eigenvalue weighted by atomic mass is 16.3. The smallest absolute Gasteiger partial charge is 0.326 e. The van der Waals surface area contributed by atoms with Crippen molar-refractivity contribution in [3.05, 3.63) is 33.2 Å². The molecule has 3 aliphatic rings. The van der Waals surface area contributed by atoms with E-state index in [9.17, 15) is 14.7 Å². The Labute approximate surface area is 224 Å². The lowest BCUT2D eigenvalue weighted by Crippen LogP contribution is -2.50. The molecule has 3 aromatic heterocycles. The lowest BCUT2D eigenvalue weighted by Gasteiger charge is -2.33. The maximum absolute atomic E-state index is 12.6. The topological polar surface area (TPSA) is 172 Å². The number of aromatic amines is 2. The summed E-state index contributed by atoms with van der Waals surface area (Å²) < 4.78 is 1.59. The molecule has 39 heavy (non-hydrogen) atoms. The van der Waals surface area contributed by atoms with Gasteiger partial charge < -0.3 is 25.6 Å². The van der Waals surface area contributed by atoms with Gasteiger partial charge >= 0.3 is 5.69 Å². The number of aromatic hydroxyl groups is 1. The van der Waals surface area contributed by atoms with E-state index in [1.165, 1.54) is 0 Å². The number of nitrogens with one attached hydrogen (secondary N) is 4. The summed E-state index contributed by atoms with van der Waals surface area (Å²) in [7, 11) is 2.11. The number of fused-ring (bicyclic) bond motifs is 1. The Balaban J connectivity index is 1.13. The van der Waals surface area contributed by atoms with Crippen LogP contribution in [0.3, 0.4) is 0 Å². The van der Waals surface area contributed by atoms with Gasteiger partial charge in [-0.05, 0) is 51.6 Å². The van der Waals surface area contributed by atoms with Crippen LogP contribution >= 0.6 is 0 Å². The number of amides is 1. The van der Waals surface area contributed by atoms with E-state index in [1.807, 2.05) is 0 Å². The molecule has 1 amide bonds. The first-order chi connectivity index (χ1) is 18.9. The summed E-state index contributed by atoms with van der Waals surface area (Å²) in [6.07, 6.45) is 8.83. The lowest BCUT2D eigenvalue weighted by molar-refractivity contribution is -0.123.